The average Bonchev–Trinajstić information content (AvgIpc) is 2.70. The van der Waals surface area contributed by atoms with Crippen molar-refractivity contribution in [3.8, 4) is 0 Å². The van der Waals surface area contributed by atoms with E-state index < -0.39 is 17.6 Å². The number of aromatic nitrogens is 2. The molecular weight excluding hydrogens is 398 g/mol. The maximum atomic E-state index is 13.8. The smallest absolute Gasteiger partial charge is 0.363 e. The minimum absolute atomic E-state index is 0.0399. The first kappa shape index (κ1) is 22.3. The number of nitrogens with one attached hydrogen (secondary N) is 2. The monoisotopic (exact) mass is 425 g/mol. The lowest BCUT2D eigenvalue weighted by atomic mass is 9.86. The van der Waals surface area contributed by atoms with Gasteiger partial charge < -0.3 is 15.5 Å². The van der Waals surface area contributed by atoms with Crippen molar-refractivity contribution in [2.45, 2.75) is 44.4 Å². The van der Waals surface area contributed by atoms with Gasteiger partial charge in [0.2, 0.25) is 5.95 Å². The van der Waals surface area contributed by atoms with Crippen molar-refractivity contribution in [1.29, 1.82) is 0 Å². The van der Waals surface area contributed by atoms with Crippen LogP contribution in [0.25, 0.3) is 0 Å². The van der Waals surface area contributed by atoms with E-state index in [2.05, 4.69) is 20.6 Å². The van der Waals surface area contributed by atoms with Crippen LogP contribution in [0, 0.1) is 11.7 Å². The highest BCUT2D eigenvalue weighted by Crippen LogP contribution is 2.30. The van der Waals surface area contributed by atoms with Gasteiger partial charge in [0.1, 0.15) is 11.6 Å². The fourth-order valence-electron chi connectivity index (χ4n) is 3.66. The number of rotatable bonds is 7. The lowest BCUT2D eigenvalue weighted by Crippen LogP contribution is -2.31. The molecule has 1 fully saturated rings. The number of halogens is 4. The normalized spacial score (nSPS) is 19.5. The molecule has 1 saturated carbocycles. The summed E-state index contributed by atoms with van der Waals surface area (Å²) >= 11 is 0. The minimum atomic E-state index is -4.47. The molecule has 1 heterocycles. The van der Waals surface area contributed by atoms with Crippen molar-refractivity contribution in [3.63, 3.8) is 0 Å². The molecular formula is C21H27F4N5. The van der Waals surface area contributed by atoms with Gasteiger partial charge in [-0.05, 0) is 62.4 Å². The largest absolute Gasteiger partial charge is 0.416 e. The van der Waals surface area contributed by atoms with Crippen LogP contribution in [0.15, 0.2) is 30.5 Å². The lowest BCUT2D eigenvalue weighted by molar-refractivity contribution is -0.137. The SMILES string of the molecule is CN(C)c1ccnc(NC2CCC(CNCc3cc(C(F)(F)F)ccc3F)CC2)n1. The van der Waals surface area contributed by atoms with Crippen LogP contribution in [0.3, 0.4) is 0 Å². The third-order valence-electron chi connectivity index (χ3n) is 5.40. The Balaban J connectivity index is 1.44. The van der Waals surface area contributed by atoms with Crippen LogP contribution in [-0.4, -0.2) is 36.6 Å². The van der Waals surface area contributed by atoms with Crippen LogP contribution in [-0.2, 0) is 12.7 Å². The van der Waals surface area contributed by atoms with E-state index >= 15 is 0 Å². The Bertz CT molecular complexity index is 832. The van der Waals surface area contributed by atoms with Crippen molar-refractivity contribution in [3.05, 3.63) is 47.4 Å². The molecule has 0 spiro atoms. The summed E-state index contributed by atoms with van der Waals surface area (Å²) in [6.45, 7) is 0.730. The second-order valence-electron chi connectivity index (χ2n) is 7.93. The predicted octanol–water partition coefficient (Wildman–Crippen LogP) is 4.46. The molecule has 30 heavy (non-hydrogen) atoms. The van der Waals surface area contributed by atoms with Crippen LogP contribution in [0.4, 0.5) is 29.3 Å². The molecule has 1 aromatic carbocycles. The fourth-order valence-corrected chi connectivity index (χ4v) is 3.66. The molecule has 0 bridgehead atoms. The van der Waals surface area contributed by atoms with Crippen molar-refractivity contribution < 1.29 is 17.6 Å². The quantitative estimate of drug-likeness (QED) is 0.642. The fraction of sp³-hybridized carbons (Fsp3) is 0.524. The number of hydrogen-bond donors (Lipinski definition) is 2. The molecule has 2 aromatic rings. The maximum absolute atomic E-state index is 13.8. The summed E-state index contributed by atoms with van der Waals surface area (Å²) in [6, 6.07) is 4.67. The minimum Gasteiger partial charge on any atom is -0.363 e. The summed E-state index contributed by atoms with van der Waals surface area (Å²) in [4.78, 5) is 10.7. The van der Waals surface area contributed by atoms with Crippen LogP contribution < -0.4 is 15.5 Å². The van der Waals surface area contributed by atoms with Crippen molar-refractivity contribution >= 4 is 11.8 Å². The second kappa shape index (κ2) is 9.59. The molecule has 0 saturated heterocycles. The Morgan fingerprint density at radius 1 is 1.10 bits per heavy atom. The van der Waals surface area contributed by atoms with E-state index in [1.807, 2.05) is 25.1 Å². The van der Waals surface area contributed by atoms with Gasteiger partial charge in [-0.3, -0.25) is 0 Å². The predicted molar refractivity (Wildman–Crippen MR) is 109 cm³/mol. The van der Waals surface area contributed by atoms with Gasteiger partial charge in [-0.1, -0.05) is 0 Å². The zero-order valence-electron chi connectivity index (χ0n) is 17.1. The molecule has 0 atom stereocenters. The van der Waals surface area contributed by atoms with E-state index in [-0.39, 0.29) is 12.1 Å². The van der Waals surface area contributed by atoms with E-state index in [9.17, 15) is 17.6 Å². The van der Waals surface area contributed by atoms with Crippen molar-refractivity contribution in [2.24, 2.45) is 5.92 Å². The maximum Gasteiger partial charge on any atom is 0.416 e. The highest BCUT2D eigenvalue weighted by Gasteiger charge is 2.31. The molecule has 0 amide bonds. The number of alkyl halides is 3. The molecule has 0 radical (unpaired) electrons. The zero-order valence-corrected chi connectivity index (χ0v) is 17.1. The molecule has 1 aliphatic rings. The summed E-state index contributed by atoms with van der Waals surface area (Å²) in [6.07, 6.45) is 1.13. The molecule has 0 unspecified atom stereocenters. The molecule has 0 aliphatic heterocycles. The van der Waals surface area contributed by atoms with E-state index in [1.165, 1.54) is 0 Å². The Morgan fingerprint density at radius 2 is 1.83 bits per heavy atom. The Morgan fingerprint density at radius 3 is 2.50 bits per heavy atom. The van der Waals surface area contributed by atoms with E-state index in [1.54, 1.807) is 6.20 Å². The van der Waals surface area contributed by atoms with Crippen LogP contribution in [0.1, 0.15) is 36.8 Å². The first-order valence-electron chi connectivity index (χ1n) is 10.1. The lowest BCUT2D eigenvalue weighted by Gasteiger charge is -2.29. The highest BCUT2D eigenvalue weighted by atomic mass is 19.4. The third kappa shape index (κ3) is 6.04. The third-order valence-corrected chi connectivity index (χ3v) is 5.40. The Kier molecular flexibility index (Phi) is 7.12. The number of nitrogens with zero attached hydrogens (tertiary/aromatic N) is 3. The summed E-state index contributed by atoms with van der Waals surface area (Å²) in [7, 11) is 3.85. The average molecular weight is 425 g/mol. The summed E-state index contributed by atoms with van der Waals surface area (Å²) in [5.41, 5.74) is -0.786. The molecule has 3 rings (SSSR count). The molecule has 2 N–H and O–H groups in total. The molecule has 9 heteroatoms. The van der Waals surface area contributed by atoms with Gasteiger partial charge in [-0.2, -0.15) is 18.2 Å². The summed E-state index contributed by atoms with van der Waals surface area (Å²) < 4.78 is 52.3. The van der Waals surface area contributed by atoms with Crippen LogP contribution in [0.2, 0.25) is 0 Å². The summed E-state index contributed by atoms with van der Waals surface area (Å²) in [5.74, 6) is 1.24. The number of anilines is 2. The van der Waals surface area contributed by atoms with Crippen LogP contribution in [0.5, 0.6) is 0 Å². The van der Waals surface area contributed by atoms with E-state index in [4.69, 9.17) is 0 Å². The Labute approximate surface area is 173 Å². The topological polar surface area (TPSA) is 53.1 Å². The highest BCUT2D eigenvalue weighted by molar-refractivity contribution is 5.41. The van der Waals surface area contributed by atoms with Gasteiger partial charge in [0.15, 0.2) is 0 Å². The first-order valence-corrected chi connectivity index (χ1v) is 10.1. The second-order valence-corrected chi connectivity index (χ2v) is 7.93. The van der Waals surface area contributed by atoms with Crippen molar-refractivity contribution in [1.82, 2.24) is 15.3 Å². The van der Waals surface area contributed by atoms with Crippen molar-refractivity contribution in [2.75, 3.05) is 30.9 Å². The molecule has 5 nitrogen and oxygen atoms in total. The Hall–Kier alpha value is -2.42. The van der Waals surface area contributed by atoms with Gasteiger partial charge in [0, 0.05) is 38.4 Å². The number of benzene rings is 1. The van der Waals surface area contributed by atoms with Gasteiger partial charge >= 0.3 is 6.18 Å². The first-order chi connectivity index (χ1) is 14.2. The van der Waals surface area contributed by atoms with E-state index in [0.29, 0.717) is 24.5 Å². The van der Waals surface area contributed by atoms with E-state index in [0.717, 1.165) is 49.7 Å². The number of hydrogen-bond acceptors (Lipinski definition) is 5. The van der Waals surface area contributed by atoms with Gasteiger partial charge in [0.05, 0.1) is 5.56 Å². The van der Waals surface area contributed by atoms with Crippen LogP contribution >= 0.6 is 0 Å². The molecule has 1 aromatic heterocycles. The standard InChI is InChI=1S/C21H27F4N5/c1-30(2)19-9-10-27-20(29-19)28-17-6-3-14(4-7-17)12-26-13-15-11-16(21(23,24)25)5-8-18(15)22/h5,8-11,14,17,26H,3-4,6-7,12-13H2,1-2H3,(H,27,28,29). The zero-order chi connectivity index (χ0) is 21.7. The van der Waals surface area contributed by atoms with Gasteiger partial charge in [-0.15, -0.1) is 0 Å². The van der Waals surface area contributed by atoms with Gasteiger partial charge in [-0.25, -0.2) is 9.37 Å². The summed E-state index contributed by atoms with van der Waals surface area (Å²) in [5, 5.41) is 6.50. The molecule has 164 valence electrons. The molecule has 1 aliphatic carbocycles. The van der Waals surface area contributed by atoms with Gasteiger partial charge in [0.25, 0.3) is 0 Å².